The molecule has 3 nitrogen and oxygen atoms in total. The Morgan fingerprint density at radius 2 is 2.18 bits per heavy atom. The zero-order valence-corrected chi connectivity index (χ0v) is 11.8. The molecule has 1 aliphatic heterocycles. The lowest BCUT2D eigenvalue weighted by molar-refractivity contribution is 0.0953. The van der Waals surface area contributed by atoms with Gasteiger partial charge in [-0.2, -0.15) is 0 Å². The number of likely N-dealkylation sites (tertiary alicyclic amines) is 1. The van der Waals surface area contributed by atoms with Crippen molar-refractivity contribution in [3.05, 3.63) is 35.9 Å². The first-order chi connectivity index (χ1) is 8.31. The Kier molecular flexibility index (Phi) is 4.65. The van der Waals surface area contributed by atoms with Crippen LogP contribution in [0.3, 0.4) is 0 Å². The van der Waals surface area contributed by atoms with Crippen LogP contribution in [0, 0.1) is 0 Å². The highest BCUT2D eigenvalue weighted by atomic mass is 127. The quantitative estimate of drug-likeness (QED) is 0.622. The summed E-state index contributed by atoms with van der Waals surface area (Å²) in [6, 6.07) is 10.1. The molecule has 17 heavy (non-hydrogen) atoms. The van der Waals surface area contributed by atoms with Gasteiger partial charge in [-0.1, -0.05) is 52.9 Å². The number of ether oxygens (including phenoxy) is 1. The number of nitrogens with zero attached hydrogens (tertiary/aromatic N) is 1. The zero-order valence-electron chi connectivity index (χ0n) is 9.64. The lowest BCUT2D eigenvalue weighted by Crippen LogP contribution is -2.36. The molecule has 0 radical (unpaired) electrons. The smallest absolute Gasteiger partial charge is 0.410 e. The van der Waals surface area contributed by atoms with E-state index >= 15 is 0 Å². The van der Waals surface area contributed by atoms with Crippen LogP contribution in [-0.4, -0.2) is 28.0 Å². The molecule has 0 saturated carbocycles. The van der Waals surface area contributed by atoms with E-state index in [0.717, 1.165) is 29.4 Å². The van der Waals surface area contributed by atoms with Gasteiger partial charge in [0.1, 0.15) is 6.61 Å². The van der Waals surface area contributed by atoms with Gasteiger partial charge in [-0.15, -0.1) is 0 Å². The third-order valence-electron chi connectivity index (χ3n) is 2.99. The average Bonchev–Trinajstić information content (AvgIpc) is 2.85. The SMILES string of the molecule is O=C(OCc1ccccc1)N1CCCC1CI. The summed E-state index contributed by atoms with van der Waals surface area (Å²) in [7, 11) is 0. The van der Waals surface area contributed by atoms with Crippen LogP contribution in [-0.2, 0) is 11.3 Å². The molecular weight excluding hydrogens is 329 g/mol. The van der Waals surface area contributed by atoms with Crippen molar-refractivity contribution in [3.8, 4) is 0 Å². The molecule has 1 saturated heterocycles. The number of hydrogen-bond donors (Lipinski definition) is 0. The molecular formula is C13H16INO2. The fraction of sp³-hybridized carbons (Fsp3) is 0.462. The molecule has 0 N–H and O–H groups in total. The highest BCUT2D eigenvalue weighted by molar-refractivity contribution is 14.1. The van der Waals surface area contributed by atoms with Crippen molar-refractivity contribution < 1.29 is 9.53 Å². The van der Waals surface area contributed by atoms with E-state index in [1.165, 1.54) is 0 Å². The van der Waals surface area contributed by atoms with Crippen LogP contribution in [0.5, 0.6) is 0 Å². The second-order valence-corrected chi connectivity index (χ2v) is 5.06. The molecule has 1 atom stereocenters. The lowest BCUT2D eigenvalue weighted by Gasteiger charge is -2.22. The van der Waals surface area contributed by atoms with Crippen LogP contribution in [0.15, 0.2) is 30.3 Å². The van der Waals surface area contributed by atoms with Crippen LogP contribution in [0.25, 0.3) is 0 Å². The van der Waals surface area contributed by atoms with Gasteiger partial charge in [-0.3, -0.25) is 0 Å². The van der Waals surface area contributed by atoms with Gasteiger partial charge in [0.05, 0.1) is 0 Å². The van der Waals surface area contributed by atoms with E-state index in [2.05, 4.69) is 22.6 Å². The van der Waals surface area contributed by atoms with E-state index in [4.69, 9.17) is 4.74 Å². The Balaban J connectivity index is 1.85. The van der Waals surface area contributed by atoms with Gasteiger partial charge in [-0.25, -0.2) is 4.79 Å². The van der Waals surface area contributed by atoms with Crippen molar-refractivity contribution in [2.45, 2.75) is 25.5 Å². The summed E-state index contributed by atoms with van der Waals surface area (Å²) in [6.07, 6.45) is 2.02. The number of hydrogen-bond acceptors (Lipinski definition) is 2. The topological polar surface area (TPSA) is 29.5 Å². The summed E-state index contributed by atoms with van der Waals surface area (Å²) < 4.78 is 6.31. The summed E-state index contributed by atoms with van der Waals surface area (Å²) >= 11 is 2.33. The maximum atomic E-state index is 11.9. The average molecular weight is 345 g/mol. The van der Waals surface area contributed by atoms with Gasteiger partial charge in [0.2, 0.25) is 0 Å². The Bertz CT molecular complexity index is 369. The minimum absolute atomic E-state index is 0.173. The van der Waals surface area contributed by atoms with Gasteiger partial charge in [0.25, 0.3) is 0 Å². The molecule has 1 heterocycles. The second-order valence-electron chi connectivity index (χ2n) is 4.18. The Morgan fingerprint density at radius 1 is 1.41 bits per heavy atom. The van der Waals surface area contributed by atoms with Crippen LogP contribution in [0.4, 0.5) is 4.79 Å². The van der Waals surface area contributed by atoms with Crippen LogP contribution in [0.1, 0.15) is 18.4 Å². The van der Waals surface area contributed by atoms with Gasteiger partial charge in [0, 0.05) is 17.0 Å². The standard InChI is InChI=1S/C13H16INO2/c14-9-12-7-4-8-15(12)13(16)17-10-11-5-2-1-3-6-11/h1-3,5-6,12H,4,7-10H2. The number of carbonyl (C=O) groups excluding carboxylic acids is 1. The van der Waals surface area contributed by atoms with E-state index in [1.807, 2.05) is 35.2 Å². The first-order valence-corrected chi connectivity index (χ1v) is 7.37. The van der Waals surface area contributed by atoms with Crippen molar-refractivity contribution in [1.29, 1.82) is 0 Å². The molecule has 1 aliphatic rings. The van der Waals surface area contributed by atoms with E-state index in [0.29, 0.717) is 12.6 Å². The molecule has 1 unspecified atom stereocenters. The number of amides is 1. The number of carbonyl (C=O) groups is 1. The second kappa shape index (κ2) is 6.23. The number of halogens is 1. The molecule has 0 bridgehead atoms. The van der Waals surface area contributed by atoms with Crippen LogP contribution in [0.2, 0.25) is 0 Å². The number of benzene rings is 1. The fourth-order valence-electron chi connectivity index (χ4n) is 2.04. The van der Waals surface area contributed by atoms with Crippen molar-refractivity contribution >= 4 is 28.7 Å². The molecule has 2 rings (SSSR count). The summed E-state index contributed by atoms with van der Waals surface area (Å²) in [4.78, 5) is 13.7. The number of rotatable bonds is 3. The first-order valence-electron chi connectivity index (χ1n) is 5.84. The van der Waals surface area contributed by atoms with Crippen molar-refractivity contribution in [2.75, 3.05) is 11.0 Å². The summed E-state index contributed by atoms with van der Waals surface area (Å²) in [5.41, 5.74) is 1.03. The first kappa shape index (κ1) is 12.7. The molecule has 92 valence electrons. The minimum atomic E-state index is -0.173. The highest BCUT2D eigenvalue weighted by Crippen LogP contribution is 2.20. The largest absolute Gasteiger partial charge is 0.445 e. The van der Waals surface area contributed by atoms with Gasteiger partial charge < -0.3 is 9.64 Å². The van der Waals surface area contributed by atoms with E-state index < -0.39 is 0 Å². The van der Waals surface area contributed by atoms with E-state index in [9.17, 15) is 4.79 Å². The van der Waals surface area contributed by atoms with Gasteiger partial charge in [0.15, 0.2) is 0 Å². The summed E-state index contributed by atoms with van der Waals surface area (Å²) in [5, 5.41) is 0. The van der Waals surface area contributed by atoms with Crippen molar-refractivity contribution in [2.24, 2.45) is 0 Å². The molecule has 1 aromatic carbocycles. The number of alkyl halides is 1. The van der Waals surface area contributed by atoms with Crippen LogP contribution < -0.4 is 0 Å². The van der Waals surface area contributed by atoms with Gasteiger partial charge in [-0.05, 0) is 18.4 Å². The Morgan fingerprint density at radius 3 is 2.88 bits per heavy atom. The Hall–Kier alpha value is -0.780. The van der Waals surface area contributed by atoms with E-state index in [1.54, 1.807) is 0 Å². The predicted molar refractivity (Wildman–Crippen MR) is 75.2 cm³/mol. The fourth-order valence-corrected chi connectivity index (χ4v) is 2.95. The Labute approximate surface area is 115 Å². The third kappa shape index (κ3) is 3.34. The highest BCUT2D eigenvalue weighted by Gasteiger charge is 2.28. The van der Waals surface area contributed by atoms with Crippen molar-refractivity contribution in [3.63, 3.8) is 0 Å². The predicted octanol–water partition coefficient (Wildman–Crippen LogP) is 3.22. The summed E-state index contributed by atoms with van der Waals surface area (Å²) in [6.45, 7) is 1.20. The summed E-state index contributed by atoms with van der Waals surface area (Å²) in [5.74, 6) is 0. The molecule has 0 aliphatic carbocycles. The monoisotopic (exact) mass is 345 g/mol. The maximum absolute atomic E-state index is 11.9. The molecule has 0 aromatic heterocycles. The molecule has 1 fully saturated rings. The van der Waals surface area contributed by atoms with Crippen molar-refractivity contribution in [1.82, 2.24) is 4.90 Å². The lowest BCUT2D eigenvalue weighted by atomic mass is 10.2. The molecule has 0 spiro atoms. The van der Waals surface area contributed by atoms with Crippen LogP contribution >= 0.6 is 22.6 Å². The maximum Gasteiger partial charge on any atom is 0.410 e. The minimum Gasteiger partial charge on any atom is -0.445 e. The van der Waals surface area contributed by atoms with E-state index in [-0.39, 0.29) is 6.09 Å². The third-order valence-corrected chi connectivity index (χ3v) is 4.01. The normalized spacial score (nSPS) is 19.4. The van der Waals surface area contributed by atoms with Gasteiger partial charge >= 0.3 is 6.09 Å². The zero-order chi connectivity index (χ0) is 12.1. The molecule has 1 aromatic rings. The molecule has 4 heteroatoms. The molecule has 1 amide bonds.